The van der Waals surface area contributed by atoms with Gasteiger partial charge in [-0.3, -0.25) is 4.79 Å². The van der Waals surface area contributed by atoms with E-state index in [1.165, 1.54) is 0 Å². The van der Waals surface area contributed by atoms with E-state index in [4.69, 9.17) is 4.74 Å². The Morgan fingerprint density at radius 1 is 1.41 bits per heavy atom. The minimum Gasteiger partial charge on any atom is -0.380 e. The summed E-state index contributed by atoms with van der Waals surface area (Å²) in [6.07, 6.45) is 0.112. The Morgan fingerprint density at radius 3 is 2.76 bits per heavy atom. The first-order chi connectivity index (χ1) is 8.13. The second-order valence-corrected chi connectivity index (χ2v) is 4.04. The van der Waals surface area contributed by atoms with Crippen LogP contribution in [0.25, 0.3) is 0 Å². The quantitative estimate of drug-likeness (QED) is 0.788. The number of hydrogen-bond acceptors (Lipinski definition) is 3. The van der Waals surface area contributed by atoms with Crippen molar-refractivity contribution >= 4 is 11.6 Å². The van der Waals surface area contributed by atoms with E-state index in [0.29, 0.717) is 13.1 Å². The second kappa shape index (κ2) is 7.04. The molecule has 4 nitrogen and oxygen atoms in total. The maximum atomic E-state index is 11.6. The van der Waals surface area contributed by atoms with Gasteiger partial charge in [-0.25, -0.2) is 0 Å². The topological polar surface area (TPSA) is 50.4 Å². The molecule has 4 heteroatoms. The lowest BCUT2D eigenvalue weighted by Gasteiger charge is -2.11. The smallest absolute Gasteiger partial charge is 0.238 e. The van der Waals surface area contributed by atoms with Crippen LogP contribution in [0.2, 0.25) is 0 Å². The molecular weight excluding hydrogens is 216 g/mol. The summed E-state index contributed by atoms with van der Waals surface area (Å²) < 4.78 is 5.08. The lowest BCUT2D eigenvalue weighted by atomic mass is 10.2. The van der Waals surface area contributed by atoms with Gasteiger partial charge in [0.1, 0.15) is 0 Å². The number of carbonyl (C=O) groups excluding carboxylic acids is 1. The van der Waals surface area contributed by atoms with Crippen LogP contribution in [-0.2, 0) is 9.53 Å². The third kappa shape index (κ3) is 4.97. The van der Waals surface area contributed by atoms with Crippen LogP contribution >= 0.6 is 0 Å². The van der Waals surface area contributed by atoms with Gasteiger partial charge in [0.2, 0.25) is 5.91 Å². The Hall–Kier alpha value is -1.39. The lowest BCUT2D eigenvalue weighted by Crippen LogP contribution is -2.33. The van der Waals surface area contributed by atoms with Gasteiger partial charge in [0, 0.05) is 19.3 Å². The Labute approximate surface area is 102 Å². The van der Waals surface area contributed by atoms with Crippen LogP contribution in [0.15, 0.2) is 24.3 Å². The van der Waals surface area contributed by atoms with E-state index in [1.807, 2.05) is 38.1 Å². The molecule has 0 fully saturated rings. The Kier molecular flexibility index (Phi) is 5.66. The molecule has 0 aromatic heterocycles. The van der Waals surface area contributed by atoms with Crippen molar-refractivity contribution < 1.29 is 9.53 Å². The van der Waals surface area contributed by atoms with E-state index in [2.05, 4.69) is 10.6 Å². The number of benzene rings is 1. The van der Waals surface area contributed by atoms with Crippen molar-refractivity contribution in [2.75, 3.05) is 25.5 Å². The van der Waals surface area contributed by atoms with Gasteiger partial charge in [0.05, 0.1) is 12.6 Å². The Balaban J connectivity index is 2.33. The van der Waals surface area contributed by atoms with Gasteiger partial charge >= 0.3 is 0 Å². The van der Waals surface area contributed by atoms with Crippen LogP contribution in [-0.4, -0.2) is 32.2 Å². The van der Waals surface area contributed by atoms with Crippen LogP contribution in [0.5, 0.6) is 0 Å². The highest BCUT2D eigenvalue weighted by Gasteiger charge is 2.04. The Bertz CT molecular complexity index is 366. The van der Waals surface area contributed by atoms with Crippen molar-refractivity contribution in [1.29, 1.82) is 0 Å². The third-order valence-corrected chi connectivity index (χ3v) is 2.54. The maximum absolute atomic E-state index is 11.6. The van der Waals surface area contributed by atoms with Crippen molar-refractivity contribution in [1.82, 2.24) is 5.32 Å². The van der Waals surface area contributed by atoms with Crippen LogP contribution < -0.4 is 10.6 Å². The second-order valence-electron chi connectivity index (χ2n) is 4.04. The first-order valence-electron chi connectivity index (χ1n) is 5.72. The molecule has 0 aliphatic carbocycles. The molecule has 0 aliphatic heterocycles. The highest BCUT2D eigenvalue weighted by atomic mass is 16.5. The highest BCUT2D eigenvalue weighted by molar-refractivity contribution is 5.92. The van der Waals surface area contributed by atoms with Crippen molar-refractivity contribution in [3.8, 4) is 0 Å². The number of nitrogens with one attached hydrogen (secondary N) is 2. The van der Waals surface area contributed by atoms with Crippen LogP contribution in [0.3, 0.4) is 0 Å². The van der Waals surface area contributed by atoms with Gasteiger partial charge in [-0.2, -0.15) is 0 Å². The van der Waals surface area contributed by atoms with Gasteiger partial charge in [0.15, 0.2) is 0 Å². The van der Waals surface area contributed by atoms with Gasteiger partial charge in [-0.1, -0.05) is 18.2 Å². The molecular formula is C13H20N2O2. The predicted molar refractivity (Wildman–Crippen MR) is 69.1 cm³/mol. The standard InChI is InChI=1S/C13H20N2O2/c1-10-6-4-5-7-12(10)15-13(16)9-14-8-11(2)17-3/h4-7,11,14H,8-9H2,1-3H3,(H,15,16). The number of aryl methyl sites for hydroxylation is 1. The average molecular weight is 236 g/mol. The van der Waals surface area contributed by atoms with E-state index >= 15 is 0 Å². The summed E-state index contributed by atoms with van der Waals surface area (Å²) in [7, 11) is 1.65. The van der Waals surface area contributed by atoms with Crippen molar-refractivity contribution in [2.45, 2.75) is 20.0 Å². The summed E-state index contributed by atoms with van der Waals surface area (Å²) in [4.78, 5) is 11.6. The molecule has 1 atom stereocenters. The summed E-state index contributed by atoms with van der Waals surface area (Å²) >= 11 is 0. The maximum Gasteiger partial charge on any atom is 0.238 e. The van der Waals surface area contributed by atoms with E-state index in [9.17, 15) is 4.79 Å². The Morgan fingerprint density at radius 2 is 2.12 bits per heavy atom. The van der Waals surface area contributed by atoms with Crippen molar-refractivity contribution in [3.05, 3.63) is 29.8 Å². The number of carbonyl (C=O) groups is 1. The van der Waals surface area contributed by atoms with Crippen LogP contribution in [0.1, 0.15) is 12.5 Å². The van der Waals surface area contributed by atoms with Crippen molar-refractivity contribution in [2.24, 2.45) is 0 Å². The van der Waals surface area contributed by atoms with Gasteiger partial charge in [-0.15, -0.1) is 0 Å². The minimum absolute atomic E-state index is 0.0393. The van der Waals surface area contributed by atoms with Gasteiger partial charge < -0.3 is 15.4 Å². The molecule has 0 saturated carbocycles. The van der Waals surface area contributed by atoms with E-state index in [1.54, 1.807) is 7.11 Å². The molecule has 0 saturated heterocycles. The fraction of sp³-hybridized carbons (Fsp3) is 0.462. The SMILES string of the molecule is COC(C)CNCC(=O)Nc1ccccc1C. The van der Waals surface area contributed by atoms with E-state index < -0.39 is 0 Å². The number of hydrogen-bond donors (Lipinski definition) is 2. The van der Waals surface area contributed by atoms with Crippen molar-refractivity contribution in [3.63, 3.8) is 0 Å². The molecule has 0 spiro atoms. The molecule has 0 radical (unpaired) electrons. The largest absolute Gasteiger partial charge is 0.380 e. The van der Waals surface area contributed by atoms with E-state index in [0.717, 1.165) is 11.3 Å². The number of methoxy groups -OCH3 is 1. The molecule has 1 unspecified atom stereocenters. The lowest BCUT2D eigenvalue weighted by molar-refractivity contribution is -0.115. The zero-order valence-electron chi connectivity index (χ0n) is 10.6. The number of amides is 1. The number of anilines is 1. The fourth-order valence-electron chi connectivity index (χ4n) is 1.38. The van der Waals surface area contributed by atoms with E-state index in [-0.39, 0.29) is 12.0 Å². The average Bonchev–Trinajstić information content (AvgIpc) is 2.32. The number of para-hydroxylation sites is 1. The summed E-state index contributed by atoms with van der Waals surface area (Å²) in [6, 6.07) is 7.72. The van der Waals surface area contributed by atoms with Crippen LogP contribution in [0.4, 0.5) is 5.69 Å². The highest BCUT2D eigenvalue weighted by Crippen LogP contribution is 2.12. The normalized spacial score (nSPS) is 12.2. The zero-order valence-corrected chi connectivity index (χ0v) is 10.6. The first-order valence-corrected chi connectivity index (χ1v) is 5.72. The minimum atomic E-state index is -0.0393. The number of rotatable bonds is 6. The summed E-state index contributed by atoms with van der Waals surface area (Å²) in [5.41, 5.74) is 1.92. The summed E-state index contributed by atoms with van der Waals surface area (Å²) in [5, 5.41) is 5.90. The summed E-state index contributed by atoms with van der Waals surface area (Å²) in [5.74, 6) is -0.0393. The molecule has 1 aromatic rings. The molecule has 94 valence electrons. The molecule has 17 heavy (non-hydrogen) atoms. The molecule has 2 N–H and O–H groups in total. The molecule has 0 heterocycles. The van der Waals surface area contributed by atoms with Gasteiger partial charge in [0.25, 0.3) is 0 Å². The fourth-order valence-corrected chi connectivity index (χ4v) is 1.38. The zero-order chi connectivity index (χ0) is 12.7. The summed E-state index contributed by atoms with van der Waals surface area (Å²) in [6.45, 7) is 4.88. The van der Waals surface area contributed by atoms with Gasteiger partial charge in [-0.05, 0) is 25.5 Å². The molecule has 1 rings (SSSR count). The molecule has 1 aromatic carbocycles. The molecule has 0 bridgehead atoms. The first kappa shape index (κ1) is 13.7. The van der Waals surface area contributed by atoms with Crippen LogP contribution in [0, 0.1) is 6.92 Å². The third-order valence-electron chi connectivity index (χ3n) is 2.54. The molecule has 0 aliphatic rings. The monoisotopic (exact) mass is 236 g/mol. The predicted octanol–water partition coefficient (Wildman–Crippen LogP) is 1.56. The number of ether oxygens (including phenoxy) is 1. The molecule has 1 amide bonds.